The fourth-order valence-electron chi connectivity index (χ4n) is 2.75. The van der Waals surface area contributed by atoms with Crippen molar-refractivity contribution < 1.29 is 29.1 Å². The van der Waals surface area contributed by atoms with Gasteiger partial charge in [0, 0.05) is 29.5 Å². The molecule has 0 fully saturated rings. The normalized spacial score (nSPS) is 10.8. The number of carbonyl (C=O) groups excluding carboxylic acids is 1. The summed E-state index contributed by atoms with van der Waals surface area (Å²) in [7, 11) is 0. The van der Waals surface area contributed by atoms with Gasteiger partial charge in [-0.05, 0) is 55.0 Å². The fraction of sp³-hybridized carbons (Fsp3) is 0.0476. The largest absolute Gasteiger partial charge is 0.507 e. The van der Waals surface area contributed by atoms with Gasteiger partial charge in [-0.2, -0.15) is 0 Å². The molecular formula is C21H16N2O7. The summed E-state index contributed by atoms with van der Waals surface area (Å²) in [4.78, 5) is 33.5. The summed E-state index contributed by atoms with van der Waals surface area (Å²) in [6.45, 7) is 1.73. The predicted octanol–water partition coefficient (Wildman–Crippen LogP) is 4.22. The summed E-state index contributed by atoms with van der Waals surface area (Å²) >= 11 is 0. The first kappa shape index (κ1) is 20.3. The van der Waals surface area contributed by atoms with Crippen LogP contribution < -0.4 is 5.32 Å². The molecule has 3 aromatic rings. The quantitative estimate of drug-likeness (QED) is 0.240. The third-order valence-corrected chi connectivity index (χ3v) is 4.21. The Morgan fingerprint density at radius 2 is 1.90 bits per heavy atom. The van der Waals surface area contributed by atoms with Crippen LogP contribution in [0, 0.1) is 17.0 Å². The number of nitro groups is 1. The van der Waals surface area contributed by atoms with E-state index in [-0.39, 0.29) is 16.9 Å². The summed E-state index contributed by atoms with van der Waals surface area (Å²) in [6, 6.07) is 11.4. The van der Waals surface area contributed by atoms with E-state index in [4.69, 9.17) is 9.52 Å². The maximum atomic E-state index is 12.1. The Bertz CT molecular complexity index is 1180. The molecule has 0 bridgehead atoms. The van der Waals surface area contributed by atoms with E-state index in [2.05, 4.69) is 5.32 Å². The molecule has 9 heteroatoms. The monoisotopic (exact) mass is 408 g/mol. The molecule has 0 aliphatic carbocycles. The van der Waals surface area contributed by atoms with Crippen LogP contribution in [0.15, 0.2) is 59.0 Å². The lowest BCUT2D eigenvalue weighted by atomic mass is 10.1. The van der Waals surface area contributed by atoms with Crippen LogP contribution in [0.1, 0.15) is 21.7 Å². The average molecular weight is 408 g/mol. The minimum Gasteiger partial charge on any atom is -0.507 e. The lowest BCUT2D eigenvalue weighted by molar-refractivity contribution is -0.384. The number of hydrogen-bond acceptors (Lipinski definition) is 6. The highest BCUT2D eigenvalue weighted by Gasteiger charge is 2.13. The van der Waals surface area contributed by atoms with Crippen LogP contribution in [0.4, 0.5) is 11.4 Å². The number of hydrogen-bond donors (Lipinski definition) is 3. The number of rotatable bonds is 6. The molecule has 1 aromatic heterocycles. The number of aromatic carboxylic acids is 1. The van der Waals surface area contributed by atoms with Crippen molar-refractivity contribution in [1.82, 2.24) is 0 Å². The van der Waals surface area contributed by atoms with Gasteiger partial charge in [0.05, 0.1) is 4.92 Å². The van der Waals surface area contributed by atoms with E-state index in [1.165, 1.54) is 36.4 Å². The molecule has 1 heterocycles. The fourth-order valence-corrected chi connectivity index (χ4v) is 2.75. The number of carboxylic acids is 1. The Morgan fingerprint density at radius 1 is 1.13 bits per heavy atom. The number of aromatic hydroxyl groups is 1. The van der Waals surface area contributed by atoms with Gasteiger partial charge in [0.2, 0.25) is 5.91 Å². The van der Waals surface area contributed by atoms with Crippen molar-refractivity contribution in [3.63, 3.8) is 0 Å². The van der Waals surface area contributed by atoms with E-state index in [9.17, 15) is 24.8 Å². The highest BCUT2D eigenvalue weighted by atomic mass is 16.6. The number of furan rings is 1. The number of aryl methyl sites for hydroxylation is 1. The van der Waals surface area contributed by atoms with Crippen molar-refractivity contribution >= 4 is 29.3 Å². The van der Waals surface area contributed by atoms with Gasteiger partial charge in [0.1, 0.15) is 22.8 Å². The Labute approximate surface area is 170 Å². The van der Waals surface area contributed by atoms with E-state index in [1.807, 2.05) is 0 Å². The molecule has 1 amide bonds. The number of carboxylic acid groups (broad SMARTS) is 1. The molecule has 3 rings (SSSR count). The average Bonchev–Trinajstić information content (AvgIpc) is 3.16. The molecule has 30 heavy (non-hydrogen) atoms. The second kappa shape index (κ2) is 8.31. The standard InChI is InChI=1S/C21H16N2O7/c1-12-10-14(23(28)29)3-6-16(12)19-8-4-15(30-19)5-9-20(25)22-13-2-7-18(24)17(11-13)21(26)27/h2-11,24H,1H3,(H,22,25)(H,26,27)/b9-5+. The minimum atomic E-state index is -1.32. The highest BCUT2D eigenvalue weighted by Crippen LogP contribution is 2.29. The summed E-state index contributed by atoms with van der Waals surface area (Å²) in [5, 5.41) is 31.8. The zero-order valence-electron chi connectivity index (χ0n) is 15.7. The van der Waals surface area contributed by atoms with Gasteiger partial charge in [-0.1, -0.05) is 0 Å². The van der Waals surface area contributed by atoms with Gasteiger partial charge in [-0.15, -0.1) is 0 Å². The number of benzene rings is 2. The molecule has 0 aliphatic heterocycles. The van der Waals surface area contributed by atoms with Gasteiger partial charge in [0.25, 0.3) is 5.69 Å². The third-order valence-electron chi connectivity index (χ3n) is 4.21. The molecule has 0 saturated heterocycles. The molecule has 0 atom stereocenters. The molecule has 0 saturated carbocycles. The van der Waals surface area contributed by atoms with E-state index < -0.39 is 22.5 Å². The first-order chi connectivity index (χ1) is 14.2. The van der Waals surface area contributed by atoms with Gasteiger partial charge in [-0.25, -0.2) is 4.79 Å². The first-order valence-electron chi connectivity index (χ1n) is 8.65. The molecule has 0 radical (unpaired) electrons. The molecule has 2 aromatic carbocycles. The summed E-state index contributed by atoms with van der Waals surface area (Å²) < 4.78 is 5.67. The molecule has 3 N–H and O–H groups in total. The van der Waals surface area contributed by atoms with Crippen molar-refractivity contribution in [2.24, 2.45) is 0 Å². The van der Waals surface area contributed by atoms with Crippen LogP contribution in [0.25, 0.3) is 17.4 Å². The highest BCUT2D eigenvalue weighted by molar-refractivity contribution is 6.02. The van der Waals surface area contributed by atoms with E-state index >= 15 is 0 Å². The smallest absolute Gasteiger partial charge is 0.339 e. The van der Waals surface area contributed by atoms with Crippen LogP contribution in [-0.4, -0.2) is 27.0 Å². The Morgan fingerprint density at radius 3 is 2.57 bits per heavy atom. The number of phenols is 1. The van der Waals surface area contributed by atoms with E-state index in [0.717, 1.165) is 6.07 Å². The maximum Gasteiger partial charge on any atom is 0.339 e. The second-order valence-electron chi connectivity index (χ2n) is 6.32. The Balaban J connectivity index is 1.71. The molecular weight excluding hydrogens is 392 g/mol. The number of amides is 1. The van der Waals surface area contributed by atoms with Crippen molar-refractivity contribution in [2.45, 2.75) is 6.92 Å². The number of anilines is 1. The Hall–Kier alpha value is -4.40. The Kier molecular flexibility index (Phi) is 5.63. The summed E-state index contributed by atoms with van der Waals surface area (Å²) in [6.07, 6.45) is 2.64. The zero-order chi connectivity index (χ0) is 21.8. The van der Waals surface area contributed by atoms with Crippen LogP contribution in [0.3, 0.4) is 0 Å². The lowest BCUT2D eigenvalue weighted by Gasteiger charge is -2.05. The number of non-ortho nitro benzene ring substituents is 1. The number of nitrogens with zero attached hydrogens (tertiary/aromatic N) is 1. The van der Waals surface area contributed by atoms with Crippen LogP contribution in [0.5, 0.6) is 5.75 Å². The lowest BCUT2D eigenvalue weighted by Crippen LogP contribution is -2.08. The predicted molar refractivity (Wildman–Crippen MR) is 108 cm³/mol. The van der Waals surface area contributed by atoms with Crippen LogP contribution in [-0.2, 0) is 4.79 Å². The van der Waals surface area contributed by atoms with Gasteiger partial charge in [0.15, 0.2) is 0 Å². The topological polar surface area (TPSA) is 143 Å². The van der Waals surface area contributed by atoms with Gasteiger partial charge < -0.3 is 19.9 Å². The number of nitrogens with one attached hydrogen (secondary N) is 1. The number of carbonyl (C=O) groups is 2. The van der Waals surface area contributed by atoms with E-state index in [0.29, 0.717) is 22.6 Å². The second-order valence-corrected chi connectivity index (χ2v) is 6.32. The van der Waals surface area contributed by atoms with Gasteiger partial charge in [-0.3, -0.25) is 14.9 Å². The van der Waals surface area contributed by atoms with Crippen molar-refractivity contribution in [3.05, 3.63) is 81.6 Å². The van der Waals surface area contributed by atoms with Crippen molar-refractivity contribution in [2.75, 3.05) is 5.32 Å². The zero-order valence-corrected chi connectivity index (χ0v) is 15.7. The summed E-state index contributed by atoms with van der Waals surface area (Å²) in [5.41, 5.74) is 1.23. The van der Waals surface area contributed by atoms with Crippen LogP contribution in [0.2, 0.25) is 0 Å². The third kappa shape index (κ3) is 4.53. The van der Waals surface area contributed by atoms with Crippen LogP contribution >= 0.6 is 0 Å². The number of nitro benzene ring substituents is 1. The molecule has 152 valence electrons. The van der Waals surface area contributed by atoms with Crippen molar-refractivity contribution in [1.29, 1.82) is 0 Å². The molecule has 9 nitrogen and oxygen atoms in total. The maximum absolute atomic E-state index is 12.1. The molecule has 0 aliphatic rings. The minimum absolute atomic E-state index is 0.0140. The van der Waals surface area contributed by atoms with E-state index in [1.54, 1.807) is 25.1 Å². The SMILES string of the molecule is Cc1cc([N+](=O)[O-])ccc1-c1ccc(/C=C/C(=O)Nc2ccc(O)c(C(=O)O)c2)o1. The first-order valence-corrected chi connectivity index (χ1v) is 8.65. The van der Waals surface area contributed by atoms with Gasteiger partial charge >= 0.3 is 5.97 Å². The molecule has 0 spiro atoms. The van der Waals surface area contributed by atoms with Crippen molar-refractivity contribution in [3.8, 4) is 17.1 Å². The summed E-state index contributed by atoms with van der Waals surface area (Å²) in [5.74, 6) is -1.37. The molecule has 0 unspecified atom stereocenters.